The fourth-order valence-corrected chi connectivity index (χ4v) is 1.10. The Kier molecular flexibility index (Phi) is 6.42. The predicted molar refractivity (Wildman–Crippen MR) is 45.2 cm³/mol. The van der Waals surface area contributed by atoms with Gasteiger partial charge in [0.2, 0.25) is 6.33 Å². The topological polar surface area (TPSA) is 8.81 Å². The zero-order chi connectivity index (χ0) is 8.10. The van der Waals surface area contributed by atoms with Crippen LogP contribution in [0.15, 0.2) is 18.7 Å². The lowest BCUT2D eigenvalue weighted by Crippen LogP contribution is -3.00. The Bertz CT molecular complexity index is 208. The zero-order valence-corrected chi connectivity index (χ0v) is 9.99. The lowest BCUT2D eigenvalue weighted by molar-refractivity contribution is -0.696. The fourth-order valence-electron chi connectivity index (χ4n) is 1.10. The van der Waals surface area contributed by atoms with Gasteiger partial charge in [0.1, 0.15) is 12.4 Å². The molecule has 12 heavy (non-hydrogen) atoms. The monoisotopic (exact) mass is 280 g/mol. The lowest BCUT2D eigenvalue weighted by atomic mass is 10.3. The van der Waals surface area contributed by atoms with Crippen molar-refractivity contribution >= 4 is 0 Å². The molecule has 0 amide bonds. The minimum absolute atomic E-state index is 0. The minimum atomic E-state index is 0. The molecule has 70 valence electrons. The van der Waals surface area contributed by atoms with Crippen molar-refractivity contribution in [1.82, 2.24) is 4.57 Å². The van der Waals surface area contributed by atoms with Crippen molar-refractivity contribution in [3.05, 3.63) is 18.7 Å². The highest BCUT2D eigenvalue weighted by Gasteiger charge is 1.98. The van der Waals surface area contributed by atoms with Gasteiger partial charge in [-0.15, -0.1) is 0 Å². The Hall–Kier alpha value is -0.0600. The third-order valence-corrected chi connectivity index (χ3v) is 1.88. The molecule has 1 rings (SSSR count). The summed E-state index contributed by atoms with van der Waals surface area (Å²) in [6.45, 7) is 6.60. The van der Waals surface area contributed by atoms with Crippen LogP contribution in [0, 0.1) is 0 Å². The Morgan fingerprint density at radius 3 is 2.58 bits per heavy atom. The van der Waals surface area contributed by atoms with E-state index in [0.29, 0.717) is 0 Å². The van der Waals surface area contributed by atoms with Crippen LogP contribution < -0.4 is 28.5 Å². The Labute approximate surface area is 91.6 Å². The molecule has 0 N–H and O–H groups in total. The number of imidazole rings is 1. The summed E-state index contributed by atoms with van der Waals surface area (Å²) in [4.78, 5) is 0. The first-order valence-corrected chi connectivity index (χ1v) is 4.41. The molecule has 0 atom stereocenters. The summed E-state index contributed by atoms with van der Waals surface area (Å²) < 4.78 is 4.43. The molecule has 0 fully saturated rings. The van der Waals surface area contributed by atoms with E-state index in [4.69, 9.17) is 0 Å². The van der Waals surface area contributed by atoms with Gasteiger partial charge < -0.3 is 24.0 Å². The minimum Gasteiger partial charge on any atom is -1.00 e. The molecule has 1 heterocycles. The zero-order valence-electron chi connectivity index (χ0n) is 7.83. The summed E-state index contributed by atoms with van der Waals surface area (Å²) in [7, 11) is 0. The SMILES string of the molecule is CCCC[n+]1ccn(CC)c1.[I-]. The largest absolute Gasteiger partial charge is 1.00 e. The average Bonchev–Trinajstić information content (AvgIpc) is 2.48. The number of halogens is 1. The van der Waals surface area contributed by atoms with Crippen molar-refractivity contribution < 1.29 is 28.5 Å². The van der Waals surface area contributed by atoms with Crippen LogP contribution in [0.2, 0.25) is 0 Å². The first-order chi connectivity index (χ1) is 5.36. The van der Waals surface area contributed by atoms with Crippen LogP contribution in [-0.4, -0.2) is 4.57 Å². The van der Waals surface area contributed by atoms with Gasteiger partial charge in [-0.3, -0.25) is 0 Å². The quantitative estimate of drug-likeness (QED) is 0.474. The van der Waals surface area contributed by atoms with Gasteiger partial charge >= 0.3 is 0 Å². The van der Waals surface area contributed by atoms with E-state index in [1.165, 1.54) is 12.8 Å². The predicted octanol–water partition coefficient (Wildman–Crippen LogP) is -1.40. The van der Waals surface area contributed by atoms with Crippen molar-refractivity contribution in [2.24, 2.45) is 0 Å². The second-order valence-corrected chi connectivity index (χ2v) is 2.84. The van der Waals surface area contributed by atoms with Crippen molar-refractivity contribution in [3.8, 4) is 0 Å². The molecule has 1 aromatic rings. The number of hydrogen-bond acceptors (Lipinski definition) is 0. The Morgan fingerprint density at radius 1 is 1.33 bits per heavy atom. The number of unbranched alkanes of at least 4 members (excludes halogenated alkanes) is 1. The number of nitrogens with zero attached hydrogens (tertiary/aromatic N) is 2. The molecule has 2 nitrogen and oxygen atoms in total. The summed E-state index contributed by atoms with van der Waals surface area (Å²) in [5, 5.41) is 0. The van der Waals surface area contributed by atoms with Crippen LogP contribution in [0.1, 0.15) is 26.7 Å². The highest BCUT2D eigenvalue weighted by atomic mass is 127. The number of hydrogen-bond donors (Lipinski definition) is 0. The summed E-state index contributed by atoms with van der Waals surface area (Å²) in [6, 6.07) is 0. The maximum Gasteiger partial charge on any atom is 0.243 e. The molecular formula is C9H17IN2. The van der Waals surface area contributed by atoms with Gasteiger partial charge in [0, 0.05) is 0 Å². The van der Waals surface area contributed by atoms with E-state index in [1.54, 1.807) is 0 Å². The second kappa shape index (κ2) is 6.46. The van der Waals surface area contributed by atoms with Gasteiger partial charge in [0.25, 0.3) is 0 Å². The van der Waals surface area contributed by atoms with Crippen LogP contribution in [0.4, 0.5) is 0 Å². The van der Waals surface area contributed by atoms with E-state index in [9.17, 15) is 0 Å². The van der Waals surface area contributed by atoms with Crippen molar-refractivity contribution in [1.29, 1.82) is 0 Å². The van der Waals surface area contributed by atoms with E-state index in [-0.39, 0.29) is 24.0 Å². The second-order valence-electron chi connectivity index (χ2n) is 2.84. The molecule has 0 aromatic carbocycles. The molecule has 0 spiro atoms. The molecule has 0 aliphatic heterocycles. The van der Waals surface area contributed by atoms with Crippen LogP contribution in [-0.2, 0) is 13.1 Å². The summed E-state index contributed by atoms with van der Waals surface area (Å²) in [5.74, 6) is 0. The van der Waals surface area contributed by atoms with Gasteiger partial charge in [-0.25, -0.2) is 9.13 Å². The molecule has 0 unspecified atom stereocenters. The molecule has 0 saturated carbocycles. The number of rotatable bonds is 4. The number of aromatic nitrogens is 2. The van der Waals surface area contributed by atoms with Gasteiger partial charge in [-0.1, -0.05) is 13.3 Å². The molecule has 0 aliphatic carbocycles. The van der Waals surface area contributed by atoms with Gasteiger partial charge in [0.15, 0.2) is 0 Å². The van der Waals surface area contributed by atoms with Crippen molar-refractivity contribution in [3.63, 3.8) is 0 Å². The molecule has 3 heteroatoms. The first-order valence-electron chi connectivity index (χ1n) is 4.41. The lowest BCUT2D eigenvalue weighted by Gasteiger charge is -1.91. The highest BCUT2D eigenvalue weighted by Crippen LogP contribution is 1.87. The molecule has 0 bridgehead atoms. The van der Waals surface area contributed by atoms with Crippen LogP contribution >= 0.6 is 0 Å². The fraction of sp³-hybridized carbons (Fsp3) is 0.667. The van der Waals surface area contributed by atoms with Gasteiger partial charge in [0.05, 0.1) is 13.1 Å². The van der Waals surface area contributed by atoms with Gasteiger partial charge in [-0.2, -0.15) is 0 Å². The maximum atomic E-state index is 2.24. The van der Waals surface area contributed by atoms with E-state index in [0.717, 1.165) is 13.1 Å². The highest BCUT2D eigenvalue weighted by molar-refractivity contribution is 4.64. The van der Waals surface area contributed by atoms with Crippen molar-refractivity contribution in [2.45, 2.75) is 39.8 Å². The number of aryl methyl sites for hydroxylation is 2. The van der Waals surface area contributed by atoms with E-state index >= 15 is 0 Å². The maximum absolute atomic E-state index is 2.24. The molecule has 1 aromatic heterocycles. The molecule has 0 aliphatic rings. The van der Waals surface area contributed by atoms with Crippen LogP contribution in [0.3, 0.4) is 0 Å². The molecule has 0 radical (unpaired) electrons. The Morgan fingerprint density at radius 2 is 2.08 bits per heavy atom. The third kappa shape index (κ3) is 3.56. The van der Waals surface area contributed by atoms with E-state index < -0.39 is 0 Å². The van der Waals surface area contributed by atoms with Crippen LogP contribution in [0.25, 0.3) is 0 Å². The van der Waals surface area contributed by atoms with Crippen LogP contribution in [0.5, 0.6) is 0 Å². The molecule has 0 saturated heterocycles. The first kappa shape index (κ1) is 11.9. The third-order valence-electron chi connectivity index (χ3n) is 1.88. The summed E-state index contributed by atoms with van der Waals surface area (Å²) in [6.07, 6.45) is 8.97. The summed E-state index contributed by atoms with van der Waals surface area (Å²) >= 11 is 0. The standard InChI is InChI=1S/C9H17N2.HI/c1-3-5-6-11-8-7-10(4-2)9-11;/h7-9H,3-6H2,1-2H3;1H/q+1;/p-1. The van der Waals surface area contributed by atoms with E-state index in [1.807, 2.05) is 0 Å². The average molecular weight is 280 g/mol. The van der Waals surface area contributed by atoms with E-state index in [2.05, 4.69) is 41.7 Å². The molecular weight excluding hydrogens is 263 g/mol. The smallest absolute Gasteiger partial charge is 0.243 e. The normalized spacial score (nSPS) is 9.50. The van der Waals surface area contributed by atoms with Gasteiger partial charge in [-0.05, 0) is 13.3 Å². The summed E-state index contributed by atoms with van der Waals surface area (Å²) in [5.41, 5.74) is 0. The Balaban J connectivity index is 0.00000121. The van der Waals surface area contributed by atoms with Crippen molar-refractivity contribution in [2.75, 3.05) is 0 Å².